The Morgan fingerprint density at radius 3 is 2.87 bits per heavy atom. The Bertz CT molecular complexity index is 557. The normalized spacial score (nSPS) is 25.5. The summed E-state index contributed by atoms with van der Waals surface area (Å²) in [7, 11) is 5.79. The highest BCUT2D eigenvalue weighted by molar-refractivity contribution is 6.30. The second kappa shape index (κ2) is 7.58. The van der Waals surface area contributed by atoms with Gasteiger partial charge >= 0.3 is 0 Å². The van der Waals surface area contributed by atoms with E-state index < -0.39 is 0 Å². The fourth-order valence-corrected chi connectivity index (χ4v) is 3.57. The molecule has 6 heteroatoms. The van der Waals surface area contributed by atoms with E-state index >= 15 is 0 Å². The number of rotatable bonds is 4. The maximum atomic E-state index is 10.3. The van der Waals surface area contributed by atoms with Crippen LogP contribution in [0.25, 0.3) is 0 Å². The summed E-state index contributed by atoms with van der Waals surface area (Å²) in [6.07, 6.45) is 5.92. The van der Waals surface area contributed by atoms with Gasteiger partial charge in [-0.2, -0.15) is 0 Å². The molecule has 0 radical (unpaired) electrons. The third-order valence-corrected chi connectivity index (χ3v) is 5.18. The van der Waals surface area contributed by atoms with E-state index in [1.807, 2.05) is 30.9 Å². The topological polar surface area (TPSA) is 52.8 Å². The molecule has 1 fully saturated rings. The first kappa shape index (κ1) is 18.1. The van der Waals surface area contributed by atoms with Crippen molar-refractivity contribution in [3.05, 3.63) is 23.0 Å². The van der Waals surface area contributed by atoms with Gasteiger partial charge in [-0.05, 0) is 18.9 Å². The third-order valence-electron chi connectivity index (χ3n) is 4.98. The molecule has 1 aromatic heterocycles. The van der Waals surface area contributed by atoms with Crippen molar-refractivity contribution in [2.45, 2.75) is 45.3 Å². The van der Waals surface area contributed by atoms with E-state index in [0.29, 0.717) is 0 Å². The summed E-state index contributed by atoms with van der Waals surface area (Å²) in [5, 5.41) is 14.5. The Balaban J connectivity index is 1.95. The average molecular weight is 341 g/mol. The van der Waals surface area contributed by atoms with Crippen LogP contribution >= 0.6 is 11.6 Å². The van der Waals surface area contributed by atoms with E-state index in [0.717, 1.165) is 49.0 Å². The predicted octanol–water partition coefficient (Wildman–Crippen LogP) is 2.63. The molecule has 2 atom stereocenters. The first-order chi connectivity index (χ1) is 10.9. The Kier molecular flexibility index (Phi) is 5.98. The van der Waals surface area contributed by atoms with Crippen LogP contribution in [0.5, 0.6) is 0 Å². The minimum Gasteiger partial charge on any atom is -0.392 e. The van der Waals surface area contributed by atoms with Gasteiger partial charge in [0.25, 0.3) is 0 Å². The van der Waals surface area contributed by atoms with E-state index in [4.69, 9.17) is 11.6 Å². The van der Waals surface area contributed by atoms with E-state index in [9.17, 15) is 5.11 Å². The lowest BCUT2D eigenvalue weighted by molar-refractivity contribution is 0.00368. The van der Waals surface area contributed by atoms with Gasteiger partial charge in [-0.3, -0.25) is 4.99 Å². The van der Waals surface area contributed by atoms with Gasteiger partial charge < -0.3 is 19.9 Å². The van der Waals surface area contributed by atoms with Crippen molar-refractivity contribution < 1.29 is 5.11 Å². The molecule has 0 saturated heterocycles. The molecule has 0 aromatic carbocycles. The zero-order chi connectivity index (χ0) is 17.0. The minimum absolute atomic E-state index is 0.0800. The maximum Gasteiger partial charge on any atom is 0.193 e. The van der Waals surface area contributed by atoms with Crippen molar-refractivity contribution in [3.8, 4) is 0 Å². The summed E-state index contributed by atoms with van der Waals surface area (Å²) in [6, 6.07) is 1.97. The van der Waals surface area contributed by atoms with Crippen molar-refractivity contribution in [2.75, 3.05) is 20.6 Å². The van der Waals surface area contributed by atoms with Crippen LogP contribution in [0.3, 0.4) is 0 Å². The second-order valence-electron chi connectivity index (χ2n) is 6.93. The highest BCUT2D eigenvalue weighted by atomic mass is 35.5. The number of aliphatic hydroxyl groups is 1. The van der Waals surface area contributed by atoms with Crippen molar-refractivity contribution in [3.63, 3.8) is 0 Å². The predicted molar refractivity (Wildman–Crippen MR) is 95.8 cm³/mol. The van der Waals surface area contributed by atoms with Crippen LogP contribution < -0.4 is 5.32 Å². The second-order valence-corrected chi connectivity index (χ2v) is 7.37. The van der Waals surface area contributed by atoms with Crippen LogP contribution in [0, 0.1) is 5.41 Å². The number of guanidine groups is 1. The molecule has 2 N–H and O–H groups in total. The van der Waals surface area contributed by atoms with Crippen LogP contribution in [-0.2, 0) is 13.6 Å². The Hall–Kier alpha value is -1.20. The molecule has 130 valence electrons. The Morgan fingerprint density at radius 2 is 2.30 bits per heavy atom. The van der Waals surface area contributed by atoms with Crippen LogP contribution in [0.15, 0.2) is 17.3 Å². The molecule has 1 saturated carbocycles. The van der Waals surface area contributed by atoms with Crippen LogP contribution in [-0.4, -0.2) is 47.3 Å². The summed E-state index contributed by atoms with van der Waals surface area (Å²) in [6.45, 7) is 3.62. The smallest absolute Gasteiger partial charge is 0.193 e. The Labute approximate surface area is 144 Å². The summed E-state index contributed by atoms with van der Waals surface area (Å²) in [5.74, 6) is 0.835. The molecule has 1 aromatic rings. The van der Waals surface area contributed by atoms with E-state index in [1.54, 1.807) is 7.05 Å². The molecule has 1 heterocycles. The maximum absolute atomic E-state index is 10.3. The number of nitrogens with zero attached hydrogens (tertiary/aromatic N) is 3. The van der Waals surface area contributed by atoms with Gasteiger partial charge in [0.15, 0.2) is 5.96 Å². The van der Waals surface area contributed by atoms with Gasteiger partial charge in [-0.15, -0.1) is 0 Å². The summed E-state index contributed by atoms with van der Waals surface area (Å²) in [5.41, 5.74) is 1.05. The van der Waals surface area contributed by atoms with Gasteiger partial charge in [0.05, 0.1) is 17.7 Å². The monoisotopic (exact) mass is 340 g/mol. The number of aromatic nitrogens is 1. The lowest BCUT2D eigenvalue weighted by Gasteiger charge is -2.39. The number of hydrogen-bond donors (Lipinski definition) is 2. The summed E-state index contributed by atoms with van der Waals surface area (Å²) < 4.78 is 2.03. The van der Waals surface area contributed by atoms with Gasteiger partial charge in [-0.25, -0.2) is 0 Å². The molecule has 2 rings (SSSR count). The average Bonchev–Trinajstić information content (AvgIpc) is 2.81. The zero-order valence-electron chi connectivity index (χ0n) is 14.6. The quantitative estimate of drug-likeness (QED) is 0.654. The van der Waals surface area contributed by atoms with Gasteiger partial charge in [0.1, 0.15) is 0 Å². The first-order valence-electron chi connectivity index (χ1n) is 8.26. The van der Waals surface area contributed by atoms with Gasteiger partial charge in [-0.1, -0.05) is 31.4 Å². The van der Waals surface area contributed by atoms with E-state index in [-0.39, 0.29) is 11.5 Å². The van der Waals surface area contributed by atoms with Crippen molar-refractivity contribution in [1.29, 1.82) is 0 Å². The van der Waals surface area contributed by atoms with Crippen LogP contribution in [0.4, 0.5) is 0 Å². The number of aliphatic hydroxyl groups excluding tert-OH is 1. The molecular weight excluding hydrogens is 312 g/mol. The first-order valence-corrected chi connectivity index (χ1v) is 8.64. The zero-order valence-corrected chi connectivity index (χ0v) is 15.4. The van der Waals surface area contributed by atoms with Gasteiger partial charge in [0, 0.05) is 45.0 Å². The molecule has 0 bridgehead atoms. The number of aliphatic imine (C=N–C) groups is 1. The third kappa shape index (κ3) is 4.42. The SMILES string of the molecule is CN=C(NCC1(C)CCCCC1O)N(C)Cc1cc(Cl)cn1C. The number of nitrogens with one attached hydrogen (secondary N) is 1. The number of aryl methyl sites for hydroxylation is 1. The van der Waals surface area contributed by atoms with Gasteiger partial charge in [0.2, 0.25) is 0 Å². The fourth-order valence-electron chi connectivity index (χ4n) is 3.29. The van der Waals surface area contributed by atoms with Crippen molar-refractivity contribution in [2.24, 2.45) is 17.5 Å². The Morgan fingerprint density at radius 1 is 1.57 bits per heavy atom. The molecule has 2 unspecified atom stereocenters. The minimum atomic E-state index is -0.237. The molecule has 5 nitrogen and oxygen atoms in total. The highest BCUT2D eigenvalue weighted by Crippen LogP contribution is 2.35. The lowest BCUT2D eigenvalue weighted by atomic mass is 9.73. The van der Waals surface area contributed by atoms with Crippen molar-refractivity contribution >= 4 is 17.6 Å². The lowest BCUT2D eigenvalue weighted by Crippen LogP contribution is -2.48. The fraction of sp³-hybridized carbons (Fsp3) is 0.706. The molecule has 1 aliphatic carbocycles. The standard InChI is InChI=1S/C17H29ClN4O/c1-17(8-6-5-7-15(17)23)12-20-16(19-2)22(4)11-14-9-13(18)10-21(14)3/h9-10,15,23H,5-8,11-12H2,1-4H3,(H,19,20). The highest BCUT2D eigenvalue weighted by Gasteiger charge is 2.35. The molecular formula is C17H29ClN4O. The summed E-state index contributed by atoms with van der Waals surface area (Å²) >= 11 is 6.05. The van der Waals surface area contributed by atoms with E-state index in [1.165, 1.54) is 6.42 Å². The number of hydrogen-bond acceptors (Lipinski definition) is 2. The number of halogens is 1. The largest absolute Gasteiger partial charge is 0.392 e. The van der Waals surface area contributed by atoms with Crippen LogP contribution in [0.1, 0.15) is 38.3 Å². The molecule has 0 aliphatic heterocycles. The van der Waals surface area contributed by atoms with E-state index in [2.05, 4.69) is 22.1 Å². The summed E-state index contributed by atoms with van der Waals surface area (Å²) in [4.78, 5) is 6.44. The molecule has 0 amide bonds. The van der Waals surface area contributed by atoms with Crippen molar-refractivity contribution in [1.82, 2.24) is 14.8 Å². The van der Waals surface area contributed by atoms with Crippen LogP contribution in [0.2, 0.25) is 5.02 Å². The molecule has 1 aliphatic rings. The molecule has 23 heavy (non-hydrogen) atoms. The molecule has 0 spiro atoms.